The number of carboxylic acids is 1. The second-order valence-corrected chi connectivity index (χ2v) is 5.64. The highest BCUT2D eigenvalue weighted by Crippen LogP contribution is 2.42. The van der Waals surface area contributed by atoms with Gasteiger partial charge in [0.15, 0.2) is 0 Å². The molecular formula is C15H19ClO3. The van der Waals surface area contributed by atoms with Gasteiger partial charge in [-0.1, -0.05) is 30.9 Å². The molecule has 0 unspecified atom stereocenters. The molecule has 1 fully saturated rings. The zero-order valence-corrected chi connectivity index (χ0v) is 12.1. The summed E-state index contributed by atoms with van der Waals surface area (Å²) in [5.41, 5.74) is 0.819. The zero-order valence-electron chi connectivity index (χ0n) is 11.3. The minimum Gasteiger partial charge on any atom is -0.496 e. The molecule has 0 aliphatic heterocycles. The van der Waals surface area contributed by atoms with Gasteiger partial charge in [0.1, 0.15) is 5.75 Å². The Morgan fingerprint density at radius 2 is 1.95 bits per heavy atom. The lowest BCUT2D eigenvalue weighted by Crippen LogP contribution is -2.37. The molecule has 0 aromatic heterocycles. The molecule has 2 rings (SSSR count). The van der Waals surface area contributed by atoms with Crippen LogP contribution in [0.3, 0.4) is 0 Å². The van der Waals surface area contributed by atoms with Gasteiger partial charge in [-0.25, -0.2) is 0 Å². The van der Waals surface area contributed by atoms with Gasteiger partial charge >= 0.3 is 5.97 Å². The maximum Gasteiger partial charge on any atom is 0.314 e. The normalized spacial score (nSPS) is 18.1. The van der Waals surface area contributed by atoms with Crippen LogP contribution in [0.15, 0.2) is 12.1 Å². The van der Waals surface area contributed by atoms with Crippen molar-refractivity contribution in [3.05, 3.63) is 28.3 Å². The molecule has 3 nitrogen and oxygen atoms in total. The Labute approximate surface area is 118 Å². The first-order chi connectivity index (χ1) is 9.01. The Bertz CT molecular complexity index is 490. The number of aliphatic carboxylic acids is 1. The van der Waals surface area contributed by atoms with Crippen LogP contribution in [0.25, 0.3) is 0 Å². The molecule has 1 saturated carbocycles. The molecule has 1 aliphatic rings. The molecule has 0 spiro atoms. The Hall–Kier alpha value is -1.22. The average Bonchev–Trinajstić information content (AvgIpc) is 2.42. The largest absolute Gasteiger partial charge is 0.496 e. The van der Waals surface area contributed by atoms with Gasteiger partial charge < -0.3 is 9.84 Å². The second-order valence-electron chi connectivity index (χ2n) is 5.23. The Kier molecular flexibility index (Phi) is 4.04. The van der Waals surface area contributed by atoms with Gasteiger partial charge in [0.2, 0.25) is 0 Å². The molecule has 1 N–H and O–H groups in total. The van der Waals surface area contributed by atoms with E-state index in [0.717, 1.165) is 30.4 Å². The number of rotatable bonds is 3. The minimum atomic E-state index is -0.803. The van der Waals surface area contributed by atoms with E-state index < -0.39 is 11.4 Å². The molecule has 0 bridgehead atoms. The first-order valence-corrected chi connectivity index (χ1v) is 6.97. The molecule has 104 valence electrons. The number of benzene rings is 1. The van der Waals surface area contributed by atoms with Crippen molar-refractivity contribution < 1.29 is 14.6 Å². The Morgan fingerprint density at radius 3 is 2.47 bits per heavy atom. The van der Waals surface area contributed by atoms with Crippen LogP contribution >= 0.6 is 11.6 Å². The van der Waals surface area contributed by atoms with Crippen molar-refractivity contribution in [2.75, 3.05) is 7.11 Å². The van der Waals surface area contributed by atoms with Crippen LogP contribution in [-0.2, 0) is 10.2 Å². The van der Waals surface area contributed by atoms with Gasteiger partial charge in [0.25, 0.3) is 0 Å². The molecule has 0 radical (unpaired) electrons. The van der Waals surface area contributed by atoms with Crippen LogP contribution < -0.4 is 4.74 Å². The van der Waals surface area contributed by atoms with E-state index in [-0.39, 0.29) is 0 Å². The van der Waals surface area contributed by atoms with E-state index in [0.29, 0.717) is 23.6 Å². The number of carboxylic acid groups (broad SMARTS) is 1. The lowest BCUT2D eigenvalue weighted by Gasteiger charge is -2.34. The van der Waals surface area contributed by atoms with Gasteiger partial charge in [-0.2, -0.15) is 0 Å². The maximum atomic E-state index is 11.8. The lowest BCUT2D eigenvalue weighted by molar-refractivity contribution is -0.145. The molecule has 4 heteroatoms. The zero-order chi connectivity index (χ0) is 14.0. The maximum absolute atomic E-state index is 11.8. The third kappa shape index (κ3) is 2.44. The second kappa shape index (κ2) is 5.41. The van der Waals surface area contributed by atoms with Crippen LogP contribution in [0, 0.1) is 6.92 Å². The van der Waals surface area contributed by atoms with Gasteiger partial charge in [0, 0.05) is 10.6 Å². The van der Waals surface area contributed by atoms with E-state index in [4.69, 9.17) is 16.3 Å². The number of halogens is 1. The fourth-order valence-electron chi connectivity index (χ4n) is 2.92. The SMILES string of the molecule is COc1cc(C2(C(=O)O)CCCCC2)cc(Cl)c1C. The van der Waals surface area contributed by atoms with Crippen molar-refractivity contribution in [1.29, 1.82) is 0 Å². The number of ether oxygens (including phenoxy) is 1. The topological polar surface area (TPSA) is 46.5 Å². The van der Waals surface area contributed by atoms with E-state index in [1.54, 1.807) is 13.2 Å². The first-order valence-electron chi connectivity index (χ1n) is 6.59. The smallest absolute Gasteiger partial charge is 0.314 e. The monoisotopic (exact) mass is 282 g/mol. The highest BCUT2D eigenvalue weighted by molar-refractivity contribution is 6.31. The number of hydrogen-bond acceptors (Lipinski definition) is 2. The van der Waals surface area contributed by atoms with E-state index in [1.165, 1.54) is 0 Å². The fourth-order valence-corrected chi connectivity index (χ4v) is 3.13. The summed E-state index contributed by atoms with van der Waals surface area (Å²) in [6.45, 7) is 1.87. The van der Waals surface area contributed by atoms with Crippen LogP contribution in [0.2, 0.25) is 5.02 Å². The molecule has 1 aromatic carbocycles. The summed E-state index contributed by atoms with van der Waals surface area (Å²) in [6, 6.07) is 3.62. The standard InChI is InChI=1S/C15H19ClO3/c1-10-12(16)8-11(9-13(10)19-2)15(14(17)18)6-4-3-5-7-15/h8-9H,3-7H2,1-2H3,(H,17,18). The predicted molar refractivity (Wildman–Crippen MR) is 75.1 cm³/mol. The fraction of sp³-hybridized carbons (Fsp3) is 0.533. The molecule has 0 amide bonds. The molecule has 1 aliphatic carbocycles. The van der Waals surface area contributed by atoms with Crippen LogP contribution in [0.1, 0.15) is 43.2 Å². The van der Waals surface area contributed by atoms with E-state index in [9.17, 15) is 9.90 Å². The van der Waals surface area contributed by atoms with Gasteiger partial charge in [-0.05, 0) is 37.5 Å². The lowest BCUT2D eigenvalue weighted by atomic mass is 9.69. The van der Waals surface area contributed by atoms with E-state index >= 15 is 0 Å². The molecule has 1 aromatic rings. The minimum absolute atomic E-state index is 0.570. The van der Waals surface area contributed by atoms with E-state index in [1.807, 2.05) is 13.0 Å². The van der Waals surface area contributed by atoms with Crippen molar-refractivity contribution in [2.24, 2.45) is 0 Å². The highest BCUT2D eigenvalue weighted by atomic mass is 35.5. The highest BCUT2D eigenvalue weighted by Gasteiger charge is 2.41. The van der Waals surface area contributed by atoms with Crippen LogP contribution in [-0.4, -0.2) is 18.2 Å². The number of methoxy groups -OCH3 is 1. The number of carbonyl (C=O) groups is 1. The predicted octanol–water partition coefficient (Wildman–Crippen LogP) is 3.94. The summed E-state index contributed by atoms with van der Waals surface area (Å²) in [4.78, 5) is 11.8. The van der Waals surface area contributed by atoms with Crippen LogP contribution in [0.4, 0.5) is 0 Å². The summed E-state index contributed by atoms with van der Waals surface area (Å²) in [5.74, 6) is -0.0946. The summed E-state index contributed by atoms with van der Waals surface area (Å²) in [6.07, 6.45) is 4.34. The quantitative estimate of drug-likeness (QED) is 0.913. The summed E-state index contributed by atoms with van der Waals surface area (Å²) < 4.78 is 5.30. The molecule has 19 heavy (non-hydrogen) atoms. The molecule has 0 atom stereocenters. The van der Waals surface area contributed by atoms with Crippen LogP contribution in [0.5, 0.6) is 5.75 Å². The van der Waals surface area contributed by atoms with Gasteiger partial charge in [-0.3, -0.25) is 4.79 Å². The average molecular weight is 283 g/mol. The van der Waals surface area contributed by atoms with E-state index in [2.05, 4.69) is 0 Å². The summed E-state index contributed by atoms with van der Waals surface area (Å²) >= 11 is 6.21. The number of hydrogen-bond donors (Lipinski definition) is 1. The Morgan fingerprint density at radius 1 is 1.32 bits per heavy atom. The summed E-state index contributed by atoms with van der Waals surface area (Å²) in [7, 11) is 1.58. The van der Waals surface area contributed by atoms with Crippen molar-refractivity contribution in [2.45, 2.75) is 44.4 Å². The van der Waals surface area contributed by atoms with Crippen molar-refractivity contribution >= 4 is 17.6 Å². The third-order valence-electron chi connectivity index (χ3n) is 4.19. The Balaban J connectivity index is 2.54. The van der Waals surface area contributed by atoms with Gasteiger partial charge in [0.05, 0.1) is 12.5 Å². The first kappa shape index (κ1) is 14.2. The molecule has 0 heterocycles. The third-order valence-corrected chi connectivity index (χ3v) is 4.58. The summed E-state index contributed by atoms with van der Waals surface area (Å²) in [5, 5.41) is 10.3. The van der Waals surface area contributed by atoms with Crippen molar-refractivity contribution in [1.82, 2.24) is 0 Å². The van der Waals surface area contributed by atoms with Crippen molar-refractivity contribution in [3.63, 3.8) is 0 Å². The van der Waals surface area contributed by atoms with Gasteiger partial charge in [-0.15, -0.1) is 0 Å². The van der Waals surface area contributed by atoms with Crippen molar-refractivity contribution in [3.8, 4) is 5.75 Å². The molecular weight excluding hydrogens is 264 g/mol. The molecule has 0 saturated heterocycles.